The zero-order chi connectivity index (χ0) is 12.0. The summed E-state index contributed by atoms with van der Waals surface area (Å²) in [5.41, 5.74) is 0.268. The Morgan fingerprint density at radius 2 is 2.31 bits per heavy atom. The zero-order valence-corrected chi connectivity index (χ0v) is 11.2. The van der Waals surface area contributed by atoms with E-state index in [1.165, 1.54) is 6.42 Å². The van der Waals surface area contributed by atoms with Crippen molar-refractivity contribution in [1.82, 2.24) is 5.32 Å². The van der Waals surface area contributed by atoms with Crippen LogP contribution in [0, 0.1) is 5.41 Å². The Morgan fingerprint density at radius 3 is 2.81 bits per heavy atom. The van der Waals surface area contributed by atoms with Gasteiger partial charge in [-0.15, -0.1) is 0 Å². The van der Waals surface area contributed by atoms with Gasteiger partial charge in [-0.1, -0.05) is 6.92 Å². The topological polar surface area (TPSA) is 30.5 Å². The lowest BCUT2D eigenvalue weighted by atomic mass is 9.77. The van der Waals surface area contributed by atoms with Crippen molar-refractivity contribution in [2.45, 2.75) is 52.2 Å². The summed E-state index contributed by atoms with van der Waals surface area (Å²) in [6, 6.07) is 0. The molecule has 1 aliphatic heterocycles. The molecule has 1 saturated heterocycles. The maximum absolute atomic E-state index is 5.75. The summed E-state index contributed by atoms with van der Waals surface area (Å²) in [6.45, 7) is 9.58. The Hall–Kier alpha value is -0.120. The summed E-state index contributed by atoms with van der Waals surface area (Å²) >= 11 is 0. The first-order chi connectivity index (χ1) is 7.64. The second kappa shape index (κ2) is 6.58. The van der Waals surface area contributed by atoms with Gasteiger partial charge in [0.1, 0.15) is 0 Å². The summed E-state index contributed by atoms with van der Waals surface area (Å²) < 4.78 is 11.2. The SMILES string of the molecule is CCCNCC1(CC(C)OC)CCOC1C. The van der Waals surface area contributed by atoms with E-state index in [1.54, 1.807) is 7.11 Å². The normalized spacial score (nSPS) is 31.9. The number of nitrogens with one attached hydrogen (secondary N) is 1. The van der Waals surface area contributed by atoms with Gasteiger partial charge in [0.2, 0.25) is 0 Å². The number of hydrogen-bond donors (Lipinski definition) is 1. The van der Waals surface area contributed by atoms with E-state index in [0.29, 0.717) is 12.2 Å². The molecule has 0 radical (unpaired) electrons. The summed E-state index contributed by atoms with van der Waals surface area (Å²) in [5, 5.41) is 3.54. The summed E-state index contributed by atoms with van der Waals surface area (Å²) in [6.07, 6.45) is 4.08. The van der Waals surface area contributed by atoms with Gasteiger partial charge in [0.25, 0.3) is 0 Å². The molecule has 3 atom stereocenters. The molecular weight excluding hydrogens is 202 g/mol. The highest BCUT2D eigenvalue weighted by Gasteiger charge is 2.41. The van der Waals surface area contributed by atoms with E-state index in [2.05, 4.69) is 26.1 Å². The number of ether oxygens (including phenoxy) is 2. The van der Waals surface area contributed by atoms with Gasteiger partial charge in [-0.05, 0) is 39.7 Å². The largest absolute Gasteiger partial charge is 0.382 e. The first-order valence-electron chi connectivity index (χ1n) is 6.49. The van der Waals surface area contributed by atoms with Gasteiger partial charge >= 0.3 is 0 Å². The van der Waals surface area contributed by atoms with E-state index in [1.807, 2.05) is 0 Å². The van der Waals surface area contributed by atoms with E-state index >= 15 is 0 Å². The fourth-order valence-corrected chi connectivity index (χ4v) is 2.56. The van der Waals surface area contributed by atoms with Crippen LogP contribution in [0.2, 0.25) is 0 Å². The number of methoxy groups -OCH3 is 1. The zero-order valence-electron chi connectivity index (χ0n) is 11.2. The quantitative estimate of drug-likeness (QED) is 0.679. The monoisotopic (exact) mass is 229 g/mol. The second-order valence-electron chi connectivity index (χ2n) is 5.05. The minimum absolute atomic E-state index is 0.268. The lowest BCUT2D eigenvalue weighted by Gasteiger charge is -2.34. The standard InChI is InChI=1S/C13H27NO2/c1-5-7-14-10-13(9-11(2)15-4)6-8-16-12(13)3/h11-12,14H,5-10H2,1-4H3. The van der Waals surface area contributed by atoms with Gasteiger partial charge in [0.15, 0.2) is 0 Å². The first kappa shape index (κ1) is 13.9. The van der Waals surface area contributed by atoms with E-state index in [9.17, 15) is 0 Å². The number of rotatable bonds is 7. The molecule has 96 valence electrons. The fraction of sp³-hybridized carbons (Fsp3) is 1.00. The first-order valence-corrected chi connectivity index (χ1v) is 6.49. The van der Waals surface area contributed by atoms with Gasteiger partial charge < -0.3 is 14.8 Å². The molecule has 1 aliphatic rings. The van der Waals surface area contributed by atoms with Crippen molar-refractivity contribution >= 4 is 0 Å². The maximum Gasteiger partial charge on any atom is 0.0617 e. The molecule has 3 nitrogen and oxygen atoms in total. The Labute approximate surface area is 99.9 Å². The van der Waals surface area contributed by atoms with Crippen molar-refractivity contribution in [3.63, 3.8) is 0 Å². The van der Waals surface area contributed by atoms with Crippen LogP contribution in [-0.4, -0.2) is 39.0 Å². The van der Waals surface area contributed by atoms with Crippen molar-refractivity contribution < 1.29 is 9.47 Å². The summed E-state index contributed by atoms with van der Waals surface area (Å²) in [5.74, 6) is 0. The van der Waals surface area contributed by atoms with Gasteiger partial charge in [0, 0.05) is 25.7 Å². The Balaban J connectivity index is 2.54. The van der Waals surface area contributed by atoms with E-state index in [0.717, 1.165) is 32.5 Å². The second-order valence-corrected chi connectivity index (χ2v) is 5.05. The molecule has 3 heteroatoms. The smallest absolute Gasteiger partial charge is 0.0617 e. The van der Waals surface area contributed by atoms with Gasteiger partial charge in [0.05, 0.1) is 12.2 Å². The molecule has 0 aromatic rings. The summed E-state index contributed by atoms with van der Waals surface area (Å²) in [4.78, 5) is 0. The molecular formula is C13H27NO2. The van der Waals surface area contributed by atoms with E-state index in [4.69, 9.17) is 9.47 Å². The van der Waals surface area contributed by atoms with Crippen molar-refractivity contribution in [2.24, 2.45) is 5.41 Å². The Morgan fingerprint density at radius 1 is 1.56 bits per heavy atom. The molecule has 0 amide bonds. The highest BCUT2D eigenvalue weighted by Crippen LogP contribution is 2.39. The van der Waals surface area contributed by atoms with Crippen molar-refractivity contribution in [3.8, 4) is 0 Å². The minimum Gasteiger partial charge on any atom is -0.382 e. The van der Waals surface area contributed by atoms with Crippen molar-refractivity contribution in [1.29, 1.82) is 0 Å². The highest BCUT2D eigenvalue weighted by atomic mass is 16.5. The highest BCUT2D eigenvalue weighted by molar-refractivity contribution is 4.92. The lowest BCUT2D eigenvalue weighted by Crippen LogP contribution is -2.42. The molecule has 0 aliphatic carbocycles. The fourth-order valence-electron chi connectivity index (χ4n) is 2.56. The van der Waals surface area contributed by atoms with Gasteiger partial charge in [-0.3, -0.25) is 0 Å². The molecule has 0 spiro atoms. The molecule has 1 heterocycles. The van der Waals surface area contributed by atoms with Crippen LogP contribution in [0.1, 0.15) is 40.0 Å². The van der Waals surface area contributed by atoms with Gasteiger partial charge in [-0.2, -0.15) is 0 Å². The third-order valence-corrected chi connectivity index (χ3v) is 3.83. The molecule has 1 rings (SSSR count). The minimum atomic E-state index is 0.268. The van der Waals surface area contributed by atoms with Gasteiger partial charge in [-0.25, -0.2) is 0 Å². The third-order valence-electron chi connectivity index (χ3n) is 3.83. The van der Waals surface area contributed by atoms with E-state index in [-0.39, 0.29) is 5.41 Å². The molecule has 1 fully saturated rings. The average molecular weight is 229 g/mol. The van der Waals surface area contributed by atoms with Crippen molar-refractivity contribution in [3.05, 3.63) is 0 Å². The molecule has 3 unspecified atom stereocenters. The molecule has 0 saturated carbocycles. The molecule has 1 N–H and O–H groups in total. The average Bonchev–Trinajstić information content (AvgIpc) is 2.61. The van der Waals surface area contributed by atoms with Crippen LogP contribution < -0.4 is 5.32 Å². The van der Waals surface area contributed by atoms with Crippen LogP contribution in [0.4, 0.5) is 0 Å². The predicted molar refractivity (Wildman–Crippen MR) is 66.7 cm³/mol. The lowest BCUT2D eigenvalue weighted by molar-refractivity contribution is 0.0158. The molecule has 0 aromatic heterocycles. The van der Waals surface area contributed by atoms with Crippen LogP contribution in [-0.2, 0) is 9.47 Å². The van der Waals surface area contributed by atoms with Crippen LogP contribution in [0.3, 0.4) is 0 Å². The Kier molecular flexibility index (Phi) is 5.73. The molecule has 0 bridgehead atoms. The maximum atomic E-state index is 5.75. The van der Waals surface area contributed by atoms with Crippen molar-refractivity contribution in [2.75, 3.05) is 26.8 Å². The third kappa shape index (κ3) is 3.44. The van der Waals surface area contributed by atoms with Crippen LogP contribution >= 0.6 is 0 Å². The Bertz CT molecular complexity index is 198. The van der Waals surface area contributed by atoms with Crippen LogP contribution in [0.15, 0.2) is 0 Å². The van der Waals surface area contributed by atoms with E-state index < -0.39 is 0 Å². The molecule has 0 aromatic carbocycles. The predicted octanol–water partition coefficient (Wildman–Crippen LogP) is 2.21. The van der Waals surface area contributed by atoms with Crippen LogP contribution in [0.5, 0.6) is 0 Å². The van der Waals surface area contributed by atoms with Crippen LogP contribution in [0.25, 0.3) is 0 Å². The number of hydrogen-bond acceptors (Lipinski definition) is 3. The molecule has 16 heavy (non-hydrogen) atoms. The summed E-state index contributed by atoms with van der Waals surface area (Å²) in [7, 11) is 1.79.